The number of hydrogen-bond donors (Lipinski definition) is 1. The highest BCUT2D eigenvalue weighted by molar-refractivity contribution is 7.91. The first-order valence-corrected chi connectivity index (χ1v) is 9.84. The zero-order chi connectivity index (χ0) is 14.6. The van der Waals surface area contributed by atoms with E-state index in [0.29, 0.717) is 13.1 Å². The lowest BCUT2D eigenvalue weighted by Gasteiger charge is -2.25. The lowest BCUT2D eigenvalue weighted by molar-refractivity contribution is 0.586. The van der Waals surface area contributed by atoms with Crippen LogP contribution in [0.15, 0.2) is 0 Å². The van der Waals surface area contributed by atoms with Gasteiger partial charge in [0.2, 0.25) is 0 Å². The molecule has 0 amide bonds. The van der Waals surface area contributed by atoms with Gasteiger partial charge in [0.1, 0.15) is 0 Å². The molecule has 20 heavy (non-hydrogen) atoms. The van der Waals surface area contributed by atoms with E-state index in [4.69, 9.17) is 0 Å². The minimum absolute atomic E-state index is 0.247. The number of anilines is 1. The first-order chi connectivity index (χ1) is 9.55. The highest BCUT2D eigenvalue weighted by atomic mass is 32.2. The van der Waals surface area contributed by atoms with Gasteiger partial charge >= 0.3 is 0 Å². The van der Waals surface area contributed by atoms with E-state index < -0.39 is 9.84 Å². The Morgan fingerprint density at radius 2 is 2.00 bits per heavy atom. The average Bonchev–Trinajstić information content (AvgIpc) is 2.82. The van der Waals surface area contributed by atoms with Crippen molar-refractivity contribution in [2.24, 2.45) is 0 Å². The van der Waals surface area contributed by atoms with Gasteiger partial charge in [-0.3, -0.25) is 0 Å². The molecule has 2 rings (SSSR count). The molecule has 0 radical (unpaired) electrons. The van der Waals surface area contributed by atoms with E-state index >= 15 is 0 Å². The molecule has 1 fully saturated rings. The van der Waals surface area contributed by atoms with Gasteiger partial charge in [-0.05, 0) is 19.4 Å². The molecule has 114 valence electrons. The Balaban J connectivity index is 2.05. The molecule has 0 unspecified atom stereocenters. The van der Waals surface area contributed by atoms with Crippen molar-refractivity contribution in [3.05, 3.63) is 10.6 Å². The molecule has 0 saturated carbocycles. The third-order valence-electron chi connectivity index (χ3n) is 3.43. The van der Waals surface area contributed by atoms with Crippen LogP contribution in [0.1, 0.15) is 30.8 Å². The van der Waals surface area contributed by atoms with Crippen molar-refractivity contribution in [2.75, 3.05) is 36.0 Å². The van der Waals surface area contributed by atoms with Crippen LogP contribution in [0.2, 0.25) is 0 Å². The van der Waals surface area contributed by atoms with Crippen LogP contribution in [0.25, 0.3) is 0 Å². The number of aryl methyl sites for hydroxylation is 1. The molecule has 0 atom stereocenters. The summed E-state index contributed by atoms with van der Waals surface area (Å²) in [6.45, 7) is 7.28. The number of hydrogen-bond acceptors (Lipinski definition) is 6. The zero-order valence-electron chi connectivity index (χ0n) is 12.2. The Morgan fingerprint density at radius 3 is 2.60 bits per heavy atom. The van der Waals surface area contributed by atoms with E-state index in [1.54, 1.807) is 11.3 Å². The van der Waals surface area contributed by atoms with Crippen LogP contribution >= 0.6 is 11.3 Å². The summed E-state index contributed by atoms with van der Waals surface area (Å²) in [6.07, 6.45) is 2.04. The van der Waals surface area contributed by atoms with Crippen molar-refractivity contribution < 1.29 is 8.42 Å². The van der Waals surface area contributed by atoms with Crippen LogP contribution in [-0.2, 0) is 22.8 Å². The monoisotopic (exact) mass is 317 g/mol. The predicted octanol–water partition coefficient (Wildman–Crippen LogP) is 1.44. The summed E-state index contributed by atoms with van der Waals surface area (Å²) in [6, 6.07) is 0. The maximum atomic E-state index is 11.5. The van der Waals surface area contributed by atoms with Crippen molar-refractivity contribution in [1.82, 2.24) is 10.3 Å². The Labute approximate surface area is 125 Å². The molecule has 0 aliphatic carbocycles. The molecule has 1 aliphatic heterocycles. The van der Waals surface area contributed by atoms with Crippen molar-refractivity contribution in [3.63, 3.8) is 0 Å². The lowest BCUT2D eigenvalue weighted by atomic mass is 10.3. The third kappa shape index (κ3) is 3.93. The third-order valence-corrected chi connectivity index (χ3v) is 6.20. The average molecular weight is 317 g/mol. The van der Waals surface area contributed by atoms with Crippen molar-refractivity contribution >= 4 is 26.3 Å². The SMILES string of the molecule is CCCNCc1sc(N2CCS(=O)(=O)CC2)nc1CC. The van der Waals surface area contributed by atoms with Gasteiger partial charge in [-0.1, -0.05) is 13.8 Å². The Morgan fingerprint density at radius 1 is 1.30 bits per heavy atom. The van der Waals surface area contributed by atoms with Gasteiger partial charge < -0.3 is 10.2 Å². The number of thiazole rings is 1. The first-order valence-electron chi connectivity index (χ1n) is 7.20. The number of nitrogens with zero attached hydrogens (tertiary/aromatic N) is 2. The summed E-state index contributed by atoms with van der Waals surface area (Å²) in [5.41, 5.74) is 1.14. The van der Waals surface area contributed by atoms with Gasteiger partial charge in [-0.15, -0.1) is 11.3 Å². The second-order valence-electron chi connectivity index (χ2n) is 5.04. The maximum absolute atomic E-state index is 11.5. The number of nitrogens with one attached hydrogen (secondary N) is 1. The van der Waals surface area contributed by atoms with Crippen molar-refractivity contribution in [3.8, 4) is 0 Å². The minimum Gasteiger partial charge on any atom is -0.346 e. The quantitative estimate of drug-likeness (QED) is 0.805. The predicted molar refractivity (Wildman–Crippen MR) is 84.4 cm³/mol. The summed E-state index contributed by atoms with van der Waals surface area (Å²) in [4.78, 5) is 8.08. The molecule has 7 heteroatoms. The molecule has 1 aromatic heterocycles. The van der Waals surface area contributed by atoms with Crippen molar-refractivity contribution in [2.45, 2.75) is 33.2 Å². The second-order valence-corrected chi connectivity index (χ2v) is 8.40. The molecular formula is C13H23N3O2S2. The lowest BCUT2D eigenvalue weighted by Crippen LogP contribution is -2.40. The van der Waals surface area contributed by atoms with E-state index in [1.165, 1.54) is 4.88 Å². The topological polar surface area (TPSA) is 62.3 Å². The zero-order valence-corrected chi connectivity index (χ0v) is 13.8. The molecule has 2 heterocycles. The Hall–Kier alpha value is -0.660. The molecule has 1 saturated heterocycles. The van der Waals surface area contributed by atoms with Crippen LogP contribution < -0.4 is 10.2 Å². The van der Waals surface area contributed by atoms with E-state index in [2.05, 4.69) is 29.0 Å². The molecule has 0 bridgehead atoms. The fraction of sp³-hybridized carbons (Fsp3) is 0.769. The number of aromatic nitrogens is 1. The summed E-state index contributed by atoms with van der Waals surface area (Å²) in [5, 5.41) is 4.39. The largest absolute Gasteiger partial charge is 0.346 e. The second kappa shape index (κ2) is 6.87. The van der Waals surface area contributed by atoms with E-state index in [1.807, 2.05) is 0 Å². The molecule has 1 aromatic rings. The summed E-state index contributed by atoms with van der Waals surface area (Å²) in [5.74, 6) is 0.495. The fourth-order valence-electron chi connectivity index (χ4n) is 2.20. The minimum atomic E-state index is -2.83. The van der Waals surface area contributed by atoms with Crippen molar-refractivity contribution in [1.29, 1.82) is 0 Å². The van der Waals surface area contributed by atoms with Crippen LogP contribution in [0.4, 0.5) is 5.13 Å². The van der Waals surface area contributed by atoms with Crippen LogP contribution in [-0.4, -0.2) is 44.5 Å². The fourth-order valence-corrected chi connectivity index (χ4v) is 4.57. The van der Waals surface area contributed by atoms with E-state index in [-0.39, 0.29) is 11.5 Å². The number of rotatable bonds is 6. The van der Waals surface area contributed by atoms with E-state index in [0.717, 1.165) is 36.8 Å². The Bertz CT molecular complexity index is 526. The Kier molecular flexibility index (Phi) is 5.40. The molecular weight excluding hydrogens is 294 g/mol. The maximum Gasteiger partial charge on any atom is 0.185 e. The van der Waals surface area contributed by atoms with Crippen LogP contribution in [0.5, 0.6) is 0 Å². The molecule has 0 aromatic carbocycles. The molecule has 1 aliphatic rings. The van der Waals surface area contributed by atoms with Crippen LogP contribution in [0.3, 0.4) is 0 Å². The number of sulfone groups is 1. The standard InChI is InChI=1S/C13H23N3O2S2/c1-3-5-14-10-12-11(4-2)15-13(19-12)16-6-8-20(17,18)9-7-16/h14H,3-10H2,1-2H3. The summed E-state index contributed by atoms with van der Waals surface area (Å²) >= 11 is 1.70. The van der Waals surface area contributed by atoms with Gasteiger partial charge in [0, 0.05) is 24.5 Å². The van der Waals surface area contributed by atoms with Gasteiger partial charge in [0.15, 0.2) is 15.0 Å². The summed E-state index contributed by atoms with van der Waals surface area (Å²) in [7, 11) is -2.83. The van der Waals surface area contributed by atoms with Crippen LogP contribution in [0, 0.1) is 0 Å². The normalized spacial score (nSPS) is 18.4. The molecule has 5 nitrogen and oxygen atoms in total. The molecule has 0 spiro atoms. The van der Waals surface area contributed by atoms with Gasteiger partial charge in [-0.2, -0.15) is 0 Å². The van der Waals surface area contributed by atoms with E-state index in [9.17, 15) is 8.42 Å². The van der Waals surface area contributed by atoms with Gasteiger partial charge in [-0.25, -0.2) is 13.4 Å². The smallest absolute Gasteiger partial charge is 0.185 e. The highest BCUT2D eigenvalue weighted by Crippen LogP contribution is 2.28. The highest BCUT2D eigenvalue weighted by Gasteiger charge is 2.24. The summed E-state index contributed by atoms with van der Waals surface area (Å²) < 4.78 is 23.0. The van der Waals surface area contributed by atoms with Gasteiger partial charge in [0.25, 0.3) is 0 Å². The molecule has 1 N–H and O–H groups in total. The van der Waals surface area contributed by atoms with Gasteiger partial charge in [0.05, 0.1) is 17.2 Å². The first kappa shape index (κ1) is 15.7.